The molecule has 0 saturated carbocycles. The maximum Gasteiger partial charge on any atom is 0.0505 e. The third kappa shape index (κ3) is 0.923. The van der Waals surface area contributed by atoms with E-state index < -0.39 is 0 Å². The molecule has 0 saturated heterocycles. The van der Waals surface area contributed by atoms with Gasteiger partial charge in [-0.25, -0.2) is 0 Å². The van der Waals surface area contributed by atoms with Gasteiger partial charge in [-0.1, -0.05) is 18.1 Å². The average Bonchev–Trinajstić information content (AvgIpc) is 2.50. The second kappa shape index (κ2) is 2.41. The van der Waals surface area contributed by atoms with Crippen molar-refractivity contribution in [3.05, 3.63) is 35.2 Å². The molecule has 1 heteroatoms. The predicted octanol–water partition coefficient (Wildman–Crippen LogP) is 2.68. The van der Waals surface area contributed by atoms with E-state index in [1.807, 2.05) is 23.6 Å². The van der Waals surface area contributed by atoms with Crippen molar-refractivity contribution in [1.82, 2.24) is 0 Å². The van der Waals surface area contributed by atoms with Crippen LogP contribution in [0.25, 0.3) is 10.1 Å². The van der Waals surface area contributed by atoms with Gasteiger partial charge in [-0.2, -0.15) is 0 Å². The lowest BCUT2D eigenvalue weighted by Crippen LogP contribution is -1.71. The molecule has 1 aromatic heterocycles. The molecule has 11 heavy (non-hydrogen) atoms. The zero-order valence-corrected chi connectivity index (χ0v) is 6.61. The van der Waals surface area contributed by atoms with E-state index in [9.17, 15) is 0 Å². The zero-order valence-electron chi connectivity index (χ0n) is 5.79. The maximum absolute atomic E-state index is 5.32. The van der Waals surface area contributed by atoms with Gasteiger partial charge in [0.05, 0.1) is 4.70 Å². The molecule has 0 aliphatic rings. The molecule has 1 radical (unpaired) electrons. The highest BCUT2D eigenvalue weighted by Gasteiger charge is 1.97. The van der Waals surface area contributed by atoms with Crippen LogP contribution < -0.4 is 0 Å². The SMILES string of the molecule is C#Cc1cccc2[c]csc12. The number of thiophene rings is 1. The summed E-state index contributed by atoms with van der Waals surface area (Å²) in [7, 11) is 0. The molecule has 0 amide bonds. The molecule has 0 bridgehead atoms. The Hall–Kier alpha value is -1.26. The Kier molecular flexibility index (Phi) is 1.41. The van der Waals surface area contributed by atoms with Gasteiger partial charge in [0, 0.05) is 17.0 Å². The molecule has 0 aliphatic heterocycles. The van der Waals surface area contributed by atoms with Crippen LogP contribution in [-0.2, 0) is 0 Å². The minimum atomic E-state index is 0.966. The Morgan fingerprint density at radius 2 is 2.36 bits per heavy atom. The molecule has 0 fully saturated rings. The lowest BCUT2D eigenvalue weighted by molar-refractivity contribution is 1.78. The van der Waals surface area contributed by atoms with Gasteiger partial charge >= 0.3 is 0 Å². The zero-order chi connectivity index (χ0) is 7.68. The fraction of sp³-hybridized carbons (Fsp3) is 0. The summed E-state index contributed by atoms with van der Waals surface area (Å²) in [5.74, 6) is 2.65. The molecule has 2 aromatic rings. The molecule has 0 N–H and O–H groups in total. The normalized spacial score (nSPS) is 9.73. The van der Waals surface area contributed by atoms with Crippen LogP contribution in [0.5, 0.6) is 0 Å². The van der Waals surface area contributed by atoms with Crippen LogP contribution in [-0.4, -0.2) is 0 Å². The molecule has 0 atom stereocenters. The first-order valence-corrected chi connectivity index (χ1v) is 4.14. The molecule has 51 valence electrons. The van der Waals surface area contributed by atoms with Crippen molar-refractivity contribution < 1.29 is 0 Å². The third-order valence-electron chi connectivity index (χ3n) is 1.56. The lowest BCUT2D eigenvalue weighted by atomic mass is 10.2. The molecule has 0 aliphatic carbocycles. The number of rotatable bonds is 0. The molecular weight excluding hydrogens is 152 g/mol. The summed E-state index contributed by atoms with van der Waals surface area (Å²) in [6.45, 7) is 0. The van der Waals surface area contributed by atoms with Crippen molar-refractivity contribution in [2.24, 2.45) is 0 Å². The van der Waals surface area contributed by atoms with Crippen molar-refractivity contribution in [3.8, 4) is 12.3 Å². The summed E-state index contributed by atoms with van der Waals surface area (Å²) in [6.07, 6.45) is 5.32. The first kappa shape index (κ1) is 6.45. The Morgan fingerprint density at radius 1 is 1.45 bits per heavy atom. The topological polar surface area (TPSA) is 0 Å². The van der Waals surface area contributed by atoms with Gasteiger partial charge in [-0.15, -0.1) is 17.8 Å². The highest BCUT2D eigenvalue weighted by atomic mass is 32.1. The maximum atomic E-state index is 5.32. The van der Waals surface area contributed by atoms with Gasteiger partial charge in [-0.05, 0) is 11.4 Å². The number of benzene rings is 1. The summed E-state index contributed by atoms with van der Waals surface area (Å²) in [5, 5.41) is 3.05. The highest BCUT2D eigenvalue weighted by Crippen LogP contribution is 2.22. The minimum absolute atomic E-state index is 0.966. The quantitative estimate of drug-likeness (QED) is 0.516. The summed E-state index contributed by atoms with van der Waals surface area (Å²) < 4.78 is 1.16. The van der Waals surface area contributed by atoms with Gasteiger partial charge in [-0.3, -0.25) is 0 Å². The largest absolute Gasteiger partial charge is 0.142 e. The second-order valence-electron chi connectivity index (χ2n) is 2.21. The third-order valence-corrected chi connectivity index (χ3v) is 2.47. The van der Waals surface area contributed by atoms with E-state index in [0.717, 1.165) is 15.6 Å². The van der Waals surface area contributed by atoms with E-state index in [1.165, 1.54) is 0 Å². The Labute approximate surface area is 69.5 Å². The second-order valence-corrected chi connectivity index (χ2v) is 3.09. The van der Waals surface area contributed by atoms with Gasteiger partial charge in [0.1, 0.15) is 0 Å². The lowest BCUT2D eigenvalue weighted by Gasteiger charge is -1.90. The van der Waals surface area contributed by atoms with Crippen molar-refractivity contribution in [3.63, 3.8) is 0 Å². The molecule has 1 heterocycles. The summed E-state index contributed by atoms with van der Waals surface area (Å²) in [6, 6.07) is 9.05. The van der Waals surface area contributed by atoms with Gasteiger partial charge < -0.3 is 0 Å². The van der Waals surface area contributed by atoms with Crippen LogP contribution in [0.3, 0.4) is 0 Å². The predicted molar refractivity (Wildman–Crippen MR) is 48.6 cm³/mol. The van der Waals surface area contributed by atoms with Crippen molar-refractivity contribution in [1.29, 1.82) is 0 Å². The van der Waals surface area contributed by atoms with Crippen LogP contribution in [0.1, 0.15) is 5.56 Å². The fourth-order valence-electron chi connectivity index (χ4n) is 1.04. The first-order valence-electron chi connectivity index (χ1n) is 3.26. The number of hydrogen-bond acceptors (Lipinski definition) is 1. The molecular formula is C10H5S. The Morgan fingerprint density at radius 3 is 3.18 bits per heavy atom. The standard InChI is InChI=1S/C10H5S/c1-2-8-4-3-5-9-6-7-11-10(8)9/h1,3-5,7H. The summed E-state index contributed by atoms with van der Waals surface area (Å²) >= 11 is 1.64. The monoisotopic (exact) mass is 157 g/mol. The Bertz CT molecular complexity index is 418. The Balaban J connectivity index is 2.92. The van der Waals surface area contributed by atoms with Crippen molar-refractivity contribution >= 4 is 21.4 Å². The van der Waals surface area contributed by atoms with E-state index in [2.05, 4.69) is 12.0 Å². The van der Waals surface area contributed by atoms with Crippen LogP contribution >= 0.6 is 11.3 Å². The summed E-state index contributed by atoms with van der Waals surface area (Å²) in [5.41, 5.74) is 0.966. The molecule has 2 rings (SSSR count). The van der Waals surface area contributed by atoms with Crippen molar-refractivity contribution in [2.75, 3.05) is 0 Å². The number of fused-ring (bicyclic) bond motifs is 1. The van der Waals surface area contributed by atoms with Crippen LogP contribution in [0.2, 0.25) is 0 Å². The minimum Gasteiger partial charge on any atom is -0.142 e. The van der Waals surface area contributed by atoms with Crippen LogP contribution in [0, 0.1) is 18.4 Å². The fourth-order valence-corrected chi connectivity index (χ4v) is 1.85. The number of hydrogen-bond donors (Lipinski definition) is 0. The molecule has 0 unspecified atom stereocenters. The smallest absolute Gasteiger partial charge is 0.0505 e. The van der Waals surface area contributed by atoms with Gasteiger partial charge in [0.2, 0.25) is 0 Å². The highest BCUT2D eigenvalue weighted by molar-refractivity contribution is 7.17. The van der Waals surface area contributed by atoms with Gasteiger partial charge in [0.25, 0.3) is 0 Å². The van der Waals surface area contributed by atoms with Crippen LogP contribution in [0.4, 0.5) is 0 Å². The van der Waals surface area contributed by atoms with Gasteiger partial charge in [0.15, 0.2) is 0 Å². The van der Waals surface area contributed by atoms with E-state index in [1.54, 1.807) is 11.3 Å². The van der Waals surface area contributed by atoms with E-state index in [0.29, 0.717) is 0 Å². The summed E-state index contributed by atoms with van der Waals surface area (Å²) in [4.78, 5) is 0. The van der Waals surface area contributed by atoms with Crippen LogP contribution in [0.15, 0.2) is 23.6 Å². The van der Waals surface area contributed by atoms with E-state index >= 15 is 0 Å². The van der Waals surface area contributed by atoms with E-state index in [4.69, 9.17) is 6.42 Å². The molecule has 0 spiro atoms. The first-order chi connectivity index (χ1) is 5.42. The molecule has 0 nitrogen and oxygen atoms in total. The average molecular weight is 157 g/mol. The number of terminal acetylenes is 1. The van der Waals surface area contributed by atoms with Crippen molar-refractivity contribution in [2.45, 2.75) is 0 Å². The molecule has 1 aromatic carbocycles. The van der Waals surface area contributed by atoms with E-state index in [-0.39, 0.29) is 0 Å².